The Morgan fingerprint density at radius 1 is 1.33 bits per heavy atom. The first kappa shape index (κ1) is 20.4. The van der Waals surface area contributed by atoms with Gasteiger partial charge < -0.3 is 11.8 Å². The number of benzene rings is 1. The molecule has 0 fully saturated rings. The van der Waals surface area contributed by atoms with Crippen molar-refractivity contribution in [2.24, 2.45) is 0 Å². The van der Waals surface area contributed by atoms with Crippen molar-refractivity contribution >= 4 is 25.3 Å². The zero-order valence-corrected chi connectivity index (χ0v) is 14.2. The molecule has 0 N–H and O–H groups in total. The molecule has 1 nitrogen and oxygen atoms in total. The van der Waals surface area contributed by atoms with E-state index in [1.54, 1.807) is 0 Å². The summed E-state index contributed by atoms with van der Waals surface area (Å²) >= 11 is 3.62. The maximum absolute atomic E-state index is 6.25. The van der Waals surface area contributed by atoms with Gasteiger partial charge in [-0.3, -0.25) is 5.73 Å². The second-order valence-electron chi connectivity index (χ2n) is 2.02. The van der Waals surface area contributed by atoms with Gasteiger partial charge in [-0.05, 0) is 0 Å². The van der Waals surface area contributed by atoms with Crippen LogP contribution < -0.4 is 0 Å². The van der Waals surface area contributed by atoms with Gasteiger partial charge in [0, 0.05) is 0 Å². The van der Waals surface area contributed by atoms with Crippen LogP contribution in [0.2, 0.25) is 0 Å². The van der Waals surface area contributed by atoms with E-state index in [1.807, 2.05) is 30.3 Å². The topological polar surface area (TPSA) is 23.8 Å². The molecule has 1 rings (SSSR count). The average molecular weight is 411 g/mol. The quantitative estimate of drug-likeness (QED) is 0.300. The third-order valence-electron chi connectivity index (χ3n) is 1.34. The molecule has 15 heavy (non-hydrogen) atoms. The van der Waals surface area contributed by atoms with Gasteiger partial charge in [-0.2, -0.15) is 12.5 Å². The van der Waals surface area contributed by atoms with Crippen molar-refractivity contribution in [3.05, 3.63) is 61.7 Å². The van der Waals surface area contributed by atoms with E-state index in [9.17, 15) is 0 Å². The summed E-state index contributed by atoms with van der Waals surface area (Å²) in [5, 5.41) is 6.25. The zero-order valence-electron chi connectivity index (χ0n) is 8.13. The minimum atomic E-state index is 0. The summed E-state index contributed by atoms with van der Waals surface area (Å²) < 4.78 is 0. The van der Waals surface area contributed by atoms with E-state index in [2.05, 4.69) is 39.0 Å². The maximum atomic E-state index is 6.25. The van der Waals surface area contributed by atoms with E-state index in [-0.39, 0.29) is 17.1 Å². The molecule has 1 aromatic rings. The Kier molecular flexibility index (Phi) is 22.3. The van der Waals surface area contributed by atoms with Gasteiger partial charge in [-0.1, -0.05) is 18.2 Å². The SMILES string of the molecule is C=C=C([CH2-])c1ccccc1.[C-]#N.[Cu+].[Zn+][I]. The molecule has 0 aliphatic heterocycles. The van der Waals surface area contributed by atoms with Crippen LogP contribution in [0, 0.1) is 18.8 Å². The molecule has 0 aliphatic rings. The number of nitrogens with zero attached hydrogens (tertiary/aromatic N) is 1. The van der Waals surface area contributed by atoms with Crippen molar-refractivity contribution in [2.75, 3.05) is 0 Å². The predicted molar refractivity (Wildman–Crippen MR) is 63.3 cm³/mol. The fraction of sp³-hybridized carbons (Fsp3) is 0. The number of rotatable bonds is 1. The summed E-state index contributed by atoms with van der Waals surface area (Å²) in [6.07, 6.45) is 0. The van der Waals surface area contributed by atoms with E-state index in [1.165, 1.54) is 14.8 Å². The summed E-state index contributed by atoms with van der Waals surface area (Å²) in [6, 6.07) is 9.89. The summed E-state index contributed by atoms with van der Waals surface area (Å²) in [5.74, 6) is 0. The molecule has 0 saturated heterocycles. The molecular weight excluding hydrogens is 402 g/mol. The summed E-state index contributed by atoms with van der Waals surface area (Å²) in [7, 11) is 0. The molecule has 4 heteroatoms. The second kappa shape index (κ2) is 16.4. The van der Waals surface area contributed by atoms with Gasteiger partial charge in [0.15, 0.2) is 0 Å². The summed E-state index contributed by atoms with van der Waals surface area (Å²) in [4.78, 5) is 0. The van der Waals surface area contributed by atoms with E-state index in [4.69, 9.17) is 11.8 Å². The Morgan fingerprint density at radius 2 is 1.73 bits per heavy atom. The van der Waals surface area contributed by atoms with E-state index in [0.717, 1.165) is 11.1 Å². The van der Waals surface area contributed by atoms with Crippen LogP contribution in [-0.2, 0) is 31.9 Å². The fourth-order valence-corrected chi connectivity index (χ4v) is 0.741. The normalized spacial score (nSPS) is 6.20. The second-order valence-corrected chi connectivity index (χ2v) is 2.02. The molecular formula is C11H9CuINZn. The van der Waals surface area contributed by atoms with Gasteiger partial charge in [0.25, 0.3) is 0 Å². The monoisotopic (exact) mass is 409 g/mol. The summed E-state index contributed by atoms with van der Waals surface area (Å²) in [6.45, 7) is 12.0. The van der Waals surface area contributed by atoms with Crippen molar-refractivity contribution in [3.63, 3.8) is 0 Å². The Labute approximate surface area is 123 Å². The Balaban J connectivity index is -0.000000258. The molecule has 1 aromatic carbocycles. The van der Waals surface area contributed by atoms with Crippen LogP contribution in [-0.4, -0.2) is 0 Å². The summed E-state index contributed by atoms with van der Waals surface area (Å²) in [5.41, 5.74) is 4.67. The van der Waals surface area contributed by atoms with Crippen LogP contribution in [0.3, 0.4) is 0 Å². The fourth-order valence-electron chi connectivity index (χ4n) is 0.741. The third-order valence-corrected chi connectivity index (χ3v) is 1.34. The van der Waals surface area contributed by atoms with Gasteiger partial charge in [0.1, 0.15) is 0 Å². The number of hydrogen-bond donors (Lipinski definition) is 0. The van der Waals surface area contributed by atoms with Crippen LogP contribution >= 0.6 is 19.8 Å². The van der Waals surface area contributed by atoms with Crippen molar-refractivity contribution in [2.45, 2.75) is 0 Å². The van der Waals surface area contributed by atoms with E-state index >= 15 is 0 Å². The predicted octanol–water partition coefficient (Wildman–Crippen LogP) is 3.67. The molecule has 0 saturated carbocycles. The first-order valence-electron chi connectivity index (χ1n) is 3.61. The molecule has 0 radical (unpaired) electrons. The number of hydrogen-bond acceptors (Lipinski definition) is 1. The molecule has 0 aromatic heterocycles. The zero-order chi connectivity index (χ0) is 11.4. The van der Waals surface area contributed by atoms with Crippen LogP contribution in [0.25, 0.3) is 5.57 Å². The first-order valence-corrected chi connectivity index (χ1v) is 12.7. The van der Waals surface area contributed by atoms with Crippen molar-refractivity contribution in [1.29, 1.82) is 5.26 Å². The van der Waals surface area contributed by atoms with Crippen LogP contribution in [0.5, 0.6) is 0 Å². The molecule has 0 bridgehead atoms. The molecule has 0 unspecified atom stereocenters. The van der Waals surface area contributed by atoms with E-state index < -0.39 is 0 Å². The molecule has 0 heterocycles. The molecule has 0 atom stereocenters. The van der Waals surface area contributed by atoms with Crippen LogP contribution in [0.1, 0.15) is 5.56 Å². The van der Waals surface area contributed by atoms with Gasteiger partial charge in [-0.15, -0.1) is 24.3 Å². The Morgan fingerprint density at radius 3 is 2.07 bits per heavy atom. The third kappa shape index (κ3) is 10.3. The van der Waals surface area contributed by atoms with Crippen molar-refractivity contribution in [1.82, 2.24) is 0 Å². The van der Waals surface area contributed by atoms with Crippen LogP contribution in [0.4, 0.5) is 0 Å². The van der Waals surface area contributed by atoms with Gasteiger partial charge >= 0.3 is 51.6 Å². The Bertz CT molecular complexity index is 305. The van der Waals surface area contributed by atoms with Crippen LogP contribution in [0.15, 0.2) is 42.6 Å². The molecule has 0 amide bonds. The van der Waals surface area contributed by atoms with Crippen molar-refractivity contribution < 1.29 is 31.9 Å². The molecule has 78 valence electrons. The number of halogens is 1. The standard InChI is InChI=1S/C10H9.CN.Cu.HI.Zn/c1-3-9(2)10-7-5-4-6-8-10;1-2;;;/h4-8H,1-2H2;;;1H;/q2*-1;+1;;+2/p-1. The first-order chi connectivity index (χ1) is 6.84. The van der Waals surface area contributed by atoms with Gasteiger partial charge in [-0.25, -0.2) is 0 Å². The average Bonchev–Trinajstić information content (AvgIpc) is 2.34. The number of allylic oxidation sites excluding steroid dienone is 1. The van der Waals surface area contributed by atoms with Crippen molar-refractivity contribution in [3.8, 4) is 0 Å². The molecule has 0 aliphatic carbocycles. The Hall–Kier alpha value is -0.0271. The molecule has 0 spiro atoms. The van der Waals surface area contributed by atoms with E-state index in [0.29, 0.717) is 0 Å². The van der Waals surface area contributed by atoms with Gasteiger partial charge in [0.05, 0.1) is 0 Å². The minimum absolute atomic E-state index is 0. The van der Waals surface area contributed by atoms with Gasteiger partial charge in [0.2, 0.25) is 0 Å².